The Morgan fingerprint density at radius 1 is 1.24 bits per heavy atom. The summed E-state index contributed by atoms with van der Waals surface area (Å²) in [4.78, 5) is 29.5. The van der Waals surface area contributed by atoms with Crippen LogP contribution >= 0.6 is 0 Å². The number of alkyl carbamates (subject to hydrolysis) is 1. The molecule has 1 amide bonds. The summed E-state index contributed by atoms with van der Waals surface area (Å²) in [7, 11) is 0. The molecule has 0 radical (unpaired) electrons. The minimum atomic E-state index is -1.82. The number of amides is 1. The summed E-state index contributed by atoms with van der Waals surface area (Å²) in [6.45, 7) is 8.42. The number of hydrogen-bond acceptors (Lipinski definition) is 5. The minimum Gasteiger partial charge on any atom is -0.473 e. The van der Waals surface area contributed by atoms with Crippen molar-refractivity contribution >= 4 is 18.0 Å². The second-order valence-corrected chi connectivity index (χ2v) is 5.71. The van der Waals surface area contributed by atoms with Gasteiger partial charge in [-0.3, -0.25) is 0 Å². The van der Waals surface area contributed by atoms with Crippen LogP contribution in [0.25, 0.3) is 0 Å². The van der Waals surface area contributed by atoms with E-state index in [-0.39, 0.29) is 6.09 Å². The number of carbonyl (C=O) groups excluding carboxylic acids is 1. The Labute approximate surface area is 123 Å². The van der Waals surface area contributed by atoms with Crippen molar-refractivity contribution < 1.29 is 29.3 Å². The van der Waals surface area contributed by atoms with E-state index in [1.54, 1.807) is 0 Å². The topological polar surface area (TPSA) is 125 Å². The van der Waals surface area contributed by atoms with Crippen LogP contribution in [-0.4, -0.2) is 53.5 Å². The predicted molar refractivity (Wildman–Crippen MR) is 75.1 cm³/mol. The Hall–Kier alpha value is -1.83. The molecule has 0 bridgehead atoms. The van der Waals surface area contributed by atoms with Crippen molar-refractivity contribution in [2.45, 2.75) is 39.2 Å². The Morgan fingerprint density at radius 3 is 2.19 bits per heavy atom. The van der Waals surface area contributed by atoms with Crippen molar-refractivity contribution in [2.75, 3.05) is 19.6 Å². The van der Waals surface area contributed by atoms with Gasteiger partial charge >= 0.3 is 18.0 Å². The molecule has 1 aliphatic heterocycles. The highest BCUT2D eigenvalue weighted by molar-refractivity contribution is 6.27. The molecule has 0 spiro atoms. The van der Waals surface area contributed by atoms with Crippen LogP contribution in [0.4, 0.5) is 4.79 Å². The first-order valence-corrected chi connectivity index (χ1v) is 6.75. The summed E-state index contributed by atoms with van der Waals surface area (Å²) in [5.74, 6) is -3.10. The normalized spacial score (nSPS) is 18.0. The van der Waals surface area contributed by atoms with Crippen molar-refractivity contribution in [1.82, 2.24) is 10.6 Å². The van der Waals surface area contributed by atoms with Crippen molar-refractivity contribution in [3.05, 3.63) is 0 Å². The number of carbonyl (C=O) groups is 3. The quantitative estimate of drug-likeness (QED) is 0.552. The third-order valence-electron chi connectivity index (χ3n) is 2.52. The molecule has 0 aromatic carbocycles. The molecular formula is C13H24N2O6. The van der Waals surface area contributed by atoms with E-state index in [9.17, 15) is 4.79 Å². The SMILES string of the molecule is CC(C)(C)OC(=O)NC[C@H]1CCCNC1.O=C(O)C(=O)O. The van der Waals surface area contributed by atoms with Gasteiger partial charge in [0.15, 0.2) is 0 Å². The van der Waals surface area contributed by atoms with Crippen molar-refractivity contribution in [1.29, 1.82) is 0 Å². The molecule has 21 heavy (non-hydrogen) atoms. The average Bonchev–Trinajstić information content (AvgIpc) is 2.36. The fourth-order valence-corrected chi connectivity index (χ4v) is 1.64. The van der Waals surface area contributed by atoms with Crippen molar-refractivity contribution in [2.24, 2.45) is 5.92 Å². The zero-order chi connectivity index (χ0) is 16.5. The predicted octanol–water partition coefficient (Wildman–Crippen LogP) is 0.666. The van der Waals surface area contributed by atoms with E-state index < -0.39 is 17.5 Å². The molecule has 1 saturated heterocycles. The van der Waals surface area contributed by atoms with Crippen molar-refractivity contribution in [3.63, 3.8) is 0 Å². The number of piperidine rings is 1. The molecule has 0 unspecified atom stereocenters. The molecule has 0 aliphatic carbocycles. The molecule has 0 saturated carbocycles. The van der Waals surface area contributed by atoms with Crippen molar-refractivity contribution in [3.8, 4) is 0 Å². The number of carboxylic acids is 2. The average molecular weight is 304 g/mol. The number of rotatable bonds is 2. The van der Waals surface area contributed by atoms with Gasteiger partial charge in [-0.25, -0.2) is 14.4 Å². The minimum absolute atomic E-state index is 0.312. The van der Waals surface area contributed by atoms with Gasteiger partial charge in [0.1, 0.15) is 5.60 Å². The van der Waals surface area contributed by atoms with Gasteiger partial charge in [-0.15, -0.1) is 0 Å². The lowest BCUT2D eigenvalue weighted by atomic mass is 10.00. The van der Waals surface area contributed by atoms with Gasteiger partial charge in [0.25, 0.3) is 0 Å². The Morgan fingerprint density at radius 2 is 1.81 bits per heavy atom. The van der Waals surface area contributed by atoms with E-state index in [0.717, 1.165) is 13.1 Å². The van der Waals surface area contributed by atoms with E-state index in [1.165, 1.54) is 12.8 Å². The summed E-state index contributed by atoms with van der Waals surface area (Å²) >= 11 is 0. The van der Waals surface area contributed by atoms with Gasteiger partial charge in [-0.2, -0.15) is 0 Å². The molecule has 4 N–H and O–H groups in total. The summed E-state index contributed by atoms with van der Waals surface area (Å²) < 4.78 is 5.16. The lowest BCUT2D eigenvalue weighted by Gasteiger charge is -2.24. The number of aliphatic carboxylic acids is 2. The van der Waals surface area contributed by atoms with Crippen LogP contribution in [0, 0.1) is 5.92 Å². The van der Waals surface area contributed by atoms with E-state index in [1.807, 2.05) is 20.8 Å². The number of ether oxygens (including phenoxy) is 1. The van der Waals surface area contributed by atoms with Gasteiger partial charge in [0.2, 0.25) is 0 Å². The summed E-state index contributed by atoms with van der Waals surface area (Å²) in [6, 6.07) is 0. The molecule has 122 valence electrons. The fraction of sp³-hybridized carbons (Fsp3) is 0.769. The second kappa shape index (κ2) is 9.17. The number of nitrogens with one attached hydrogen (secondary N) is 2. The molecule has 1 fully saturated rings. The van der Waals surface area contributed by atoms with Crippen LogP contribution in [0.15, 0.2) is 0 Å². The molecule has 8 heteroatoms. The van der Waals surface area contributed by atoms with E-state index in [4.69, 9.17) is 24.5 Å². The fourth-order valence-electron chi connectivity index (χ4n) is 1.64. The highest BCUT2D eigenvalue weighted by Crippen LogP contribution is 2.09. The molecule has 1 aliphatic rings. The number of hydrogen-bond donors (Lipinski definition) is 4. The second-order valence-electron chi connectivity index (χ2n) is 5.71. The van der Waals surface area contributed by atoms with Gasteiger partial charge in [-0.1, -0.05) is 0 Å². The Balaban J connectivity index is 0.000000567. The maximum Gasteiger partial charge on any atom is 0.414 e. The summed E-state index contributed by atoms with van der Waals surface area (Å²) in [5.41, 5.74) is -0.408. The van der Waals surface area contributed by atoms with Crippen LogP contribution in [0.1, 0.15) is 33.6 Å². The van der Waals surface area contributed by atoms with Crippen LogP contribution in [0.3, 0.4) is 0 Å². The van der Waals surface area contributed by atoms with E-state index >= 15 is 0 Å². The van der Waals surface area contributed by atoms with Gasteiger partial charge in [0.05, 0.1) is 0 Å². The highest BCUT2D eigenvalue weighted by atomic mass is 16.6. The standard InChI is InChI=1S/C11H22N2O2.C2H2O4/c1-11(2,3)15-10(14)13-8-9-5-4-6-12-7-9;3-1(4)2(5)6/h9,12H,4-8H2,1-3H3,(H,13,14);(H,3,4)(H,5,6)/t9-;/m0./s1. The van der Waals surface area contributed by atoms with Gasteiger partial charge in [-0.05, 0) is 52.6 Å². The first kappa shape index (κ1) is 19.2. The van der Waals surface area contributed by atoms with Crippen LogP contribution < -0.4 is 10.6 Å². The molecule has 1 atom stereocenters. The molecular weight excluding hydrogens is 280 g/mol. The molecule has 1 heterocycles. The van der Waals surface area contributed by atoms with Crippen LogP contribution in [0.2, 0.25) is 0 Å². The van der Waals surface area contributed by atoms with Gasteiger partial charge < -0.3 is 25.6 Å². The maximum atomic E-state index is 11.3. The van der Waals surface area contributed by atoms with E-state index in [2.05, 4.69) is 10.6 Å². The highest BCUT2D eigenvalue weighted by Gasteiger charge is 2.18. The summed E-state index contributed by atoms with van der Waals surface area (Å²) in [6.07, 6.45) is 2.07. The molecule has 8 nitrogen and oxygen atoms in total. The molecule has 1 rings (SSSR count). The third-order valence-corrected chi connectivity index (χ3v) is 2.52. The summed E-state index contributed by atoms with van der Waals surface area (Å²) in [5, 5.41) is 20.9. The van der Waals surface area contributed by atoms with E-state index in [0.29, 0.717) is 12.5 Å². The maximum absolute atomic E-state index is 11.3. The van der Waals surface area contributed by atoms with Crippen LogP contribution in [0.5, 0.6) is 0 Å². The monoisotopic (exact) mass is 304 g/mol. The number of carboxylic acid groups (broad SMARTS) is 2. The lowest BCUT2D eigenvalue weighted by Crippen LogP contribution is -2.40. The smallest absolute Gasteiger partial charge is 0.414 e. The molecule has 0 aromatic rings. The zero-order valence-corrected chi connectivity index (χ0v) is 12.6. The van der Waals surface area contributed by atoms with Crippen LogP contribution in [-0.2, 0) is 14.3 Å². The largest absolute Gasteiger partial charge is 0.473 e. The first-order chi connectivity index (χ1) is 9.61. The van der Waals surface area contributed by atoms with Gasteiger partial charge in [0, 0.05) is 6.54 Å². The lowest BCUT2D eigenvalue weighted by molar-refractivity contribution is -0.159. The first-order valence-electron chi connectivity index (χ1n) is 6.75. The Kier molecular flexibility index (Phi) is 8.37. The molecule has 0 aromatic heterocycles. The Bertz CT molecular complexity index is 346. The zero-order valence-electron chi connectivity index (χ0n) is 12.6. The third kappa shape index (κ3) is 11.7.